The summed E-state index contributed by atoms with van der Waals surface area (Å²) in [7, 11) is 1.65. The molecule has 0 saturated heterocycles. The number of aliphatic imine (C=N–C) groups is 1. The van der Waals surface area contributed by atoms with E-state index in [1.807, 2.05) is 48.7 Å². The van der Waals surface area contributed by atoms with Crippen LogP contribution in [0.2, 0.25) is 0 Å². The standard InChI is InChI=1S/C17H18BrNO2/c1-3-10-21-17-9-4-13(11-16(17)18)12-19-14-5-7-15(20-2)8-6-14/h4-9,11-12H,3,10H2,1-2H3. The minimum absolute atomic E-state index is 0.720. The molecular weight excluding hydrogens is 330 g/mol. The molecule has 0 heterocycles. The van der Waals surface area contributed by atoms with Crippen LogP contribution in [-0.4, -0.2) is 19.9 Å². The zero-order valence-electron chi connectivity index (χ0n) is 12.2. The van der Waals surface area contributed by atoms with Gasteiger partial charge in [-0.25, -0.2) is 0 Å². The van der Waals surface area contributed by atoms with Crippen LogP contribution < -0.4 is 9.47 Å². The Morgan fingerprint density at radius 3 is 2.52 bits per heavy atom. The third-order valence-electron chi connectivity index (χ3n) is 2.85. The fourth-order valence-corrected chi connectivity index (χ4v) is 2.25. The highest BCUT2D eigenvalue weighted by atomic mass is 79.9. The summed E-state index contributed by atoms with van der Waals surface area (Å²) in [5, 5.41) is 0. The molecule has 110 valence electrons. The van der Waals surface area contributed by atoms with Crippen molar-refractivity contribution in [3.05, 3.63) is 52.5 Å². The lowest BCUT2D eigenvalue weighted by Crippen LogP contribution is -1.96. The van der Waals surface area contributed by atoms with Gasteiger partial charge >= 0.3 is 0 Å². The molecule has 0 N–H and O–H groups in total. The summed E-state index contributed by atoms with van der Waals surface area (Å²) in [6.45, 7) is 2.81. The van der Waals surface area contributed by atoms with Gasteiger partial charge in [0.25, 0.3) is 0 Å². The average Bonchev–Trinajstić information content (AvgIpc) is 2.52. The third-order valence-corrected chi connectivity index (χ3v) is 3.47. The average molecular weight is 348 g/mol. The fourth-order valence-electron chi connectivity index (χ4n) is 1.74. The molecule has 0 unspecified atom stereocenters. The number of ether oxygens (including phenoxy) is 2. The summed E-state index contributed by atoms with van der Waals surface area (Å²) >= 11 is 3.52. The highest BCUT2D eigenvalue weighted by Crippen LogP contribution is 2.26. The van der Waals surface area contributed by atoms with Crippen LogP contribution in [-0.2, 0) is 0 Å². The monoisotopic (exact) mass is 347 g/mol. The van der Waals surface area contributed by atoms with Crippen LogP contribution in [0.25, 0.3) is 0 Å². The molecule has 0 spiro atoms. The number of halogens is 1. The van der Waals surface area contributed by atoms with Gasteiger partial charge in [-0.3, -0.25) is 4.99 Å². The van der Waals surface area contributed by atoms with Gasteiger partial charge in [0, 0.05) is 6.21 Å². The molecule has 0 bridgehead atoms. The number of benzene rings is 2. The van der Waals surface area contributed by atoms with Gasteiger partial charge < -0.3 is 9.47 Å². The first-order valence-corrected chi connectivity index (χ1v) is 7.62. The minimum Gasteiger partial charge on any atom is -0.497 e. The molecular formula is C17H18BrNO2. The van der Waals surface area contributed by atoms with Gasteiger partial charge in [0.1, 0.15) is 11.5 Å². The Morgan fingerprint density at radius 2 is 1.90 bits per heavy atom. The summed E-state index contributed by atoms with van der Waals surface area (Å²) in [6, 6.07) is 13.6. The molecule has 2 aromatic carbocycles. The molecule has 0 saturated carbocycles. The van der Waals surface area contributed by atoms with E-state index in [0.29, 0.717) is 0 Å². The van der Waals surface area contributed by atoms with Gasteiger partial charge in [0.05, 0.1) is 23.9 Å². The maximum Gasteiger partial charge on any atom is 0.133 e. The van der Waals surface area contributed by atoms with Crippen LogP contribution in [0, 0.1) is 0 Å². The van der Waals surface area contributed by atoms with E-state index in [1.165, 1.54) is 0 Å². The fraction of sp³-hybridized carbons (Fsp3) is 0.235. The smallest absolute Gasteiger partial charge is 0.133 e. The highest BCUT2D eigenvalue weighted by molar-refractivity contribution is 9.10. The first-order valence-electron chi connectivity index (χ1n) is 6.83. The van der Waals surface area contributed by atoms with E-state index < -0.39 is 0 Å². The van der Waals surface area contributed by atoms with Crippen LogP contribution in [0.1, 0.15) is 18.9 Å². The minimum atomic E-state index is 0.720. The Balaban J connectivity index is 2.07. The number of rotatable bonds is 6. The van der Waals surface area contributed by atoms with Crippen molar-refractivity contribution in [2.24, 2.45) is 4.99 Å². The molecule has 0 atom stereocenters. The lowest BCUT2D eigenvalue weighted by Gasteiger charge is -2.07. The molecule has 21 heavy (non-hydrogen) atoms. The Hall–Kier alpha value is -1.81. The molecule has 0 aliphatic carbocycles. The largest absolute Gasteiger partial charge is 0.497 e. The second-order valence-electron chi connectivity index (χ2n) is 4.49. The number of hydrogen-bond donors (Lipinski definition) is 0. The molecule has 0 amide bonds. The van der Waals surface area contributed by atoms with Crippen LogP contribution in [0.3, 0.4) is 0 Å². The Morgan fingerprint density at radius 1 is 1.14 bits per heavy atom. The third kappa shape index (κ3) is 4.60. The Kier molecular flexibility index (Phi) is 5.81. The van der Waals surface area contributed by atoms with E-state index in [9.17, 15) is 0 Å². The maximum atomic E-state index is 5.62. The normalized spacial score (nSPS) is 10.8. The quantitative estimate of drug-likeness (QED) is 0.688. The molecule has 0 aliphatic rings. The van der Waals surface area contributed by atoms with E-state index >= 15 is 0 Å². The van der Waals surface area contributed by atoms with Crippen molar-refractivity contribution in [2.45, 2.75) is 13.3 Å². The molecule has 2 rings (SSSR count). The topological polar surface area (TPSA) is 30.8 Å². The predicted octanol–water partition coefficient (Wildman–Crippen LogP) is 5.00. The molecule has 0 radical (unpaired) electrons. The molecule has 2 aromatic rings. The van der Waals surface area contributed by atoms with Crippen molar-refractivity contribution in [2.75, 3.05) is 13.7 Å². The van der Waals surface area contributed by atoms with Crippen LogP contribution >= 0.6 is 15.9 Å². The van der Waals surface area contributed by atoms with Crippen molar-refractivity contribution < 1.29 is 9.47 Å². The van der Waals surface area contributed by atoms with Crippen LogP contribution in [0.5, 0.6) is 11.5 Å². The lowest BCUT2D eigenvalue weighted by atomic mass is 10.2. The van der Waals surface area contributed by atoms with E-state index in [1.54, 1.807) is 7.11 Å². The second kappa shape index (κ2) is 7.84. The van der Waals surface area contributed by atoms with Crippen LogP contribution in [0.15, 0.2) is 51.9 Å². The molecule has 4 heteroatoms. The zero-order valence-corrected chi connectivity index (χ0v) is 13.8. The summed E-state index contributed by atoms with van der Waals surface area (Å²) < 4.78 is 11.7. The Labute approximate surface area is 133 Å². The zero-order chi connectivity index (χ0) is 15.1. The highest BCUT2D eigenvalue weighted by Gasteiger charge is 2.01. The number of methoxy groups -OCH3 is 1. The van der Waals surface area contributed by atoms with Crippen molar-refractivity contribution in [1.29, 1.82) is 0 Å². The number of hydrogen-bond acceptors (Lipinski definition) is 3. The van der Waals surface area contributed by atoms with Crippen molar-refractivity contribution in [3.8, 4) is 11.5 Å². The summed E-state index contributed by atoms with van der Waals surface area (Å²) in [5.41, 5.74) is 1.90. The first kappa shape index (κ1) is 15.6. The van der Waals surface area contributed by atoms with Crippen molar-refractivity contribution in [3.63, 3.8) is 0 Å². The van der Waals surface area contributed by atoms with Gasteiger partial charge in [0.15, 0.2) is 0 Å². The lowest BCUT2D eigenvalue weighted by molar-refractivity contribution is 0.315. The molecule has 0 aliphatic heterocycles. The van der Waals surface area contributed by atoms with Crippen LogP contribution in [0.4, 0.5) is 5.69 Å². The van der Waals surface area contributed by atoms with E-state index in [4.69, 9.17) is 9.47 Å². The SMILES string of the molecule is CCCOc1ccc(C=Nc2ccc(OC)cc2)cc1Br. The van der Waals surface area contributed by atoms with Gasteiger partial charge in [-0.1, -0.05) is 6.92 Å². The van der Waals surface area contributed by atoms with E-state index in [0.717, 1.165) is 40.3 Å². The van der Waals surface area contributed by atoms with Gasteiger partial charge in [-0.05, 0) is 70.4 Å². The molecule has 0 fully saturated rings. The van der Waals surface area contributed by atoms with Gasteiger partial charge in [0.2, 0.25) is 0 Å². The number of nitrogens with zero attached hydrogens (tertiary/aromatic N) is 1. The predicted molar refractivity (Wildman–Crippen MR) is 90.2 cm³/mol. The summed E-state index contributed by atoms with van der Waals surface area (Å²) in [5.74, 6) is 1.69. The van der Waals surface area contributed by atoms with E-state index in [-0.39, 0.29) is 0 Å². The van der Waals surface area contributed by atoms with Gasteiger partial charge in [-0.2, -0.15) is 0 Å². The molecule has 3 nitrogen and oxygen atoms in total. The summed E-state index contributed by atoms with van der Waals surface area (Å²) in [4.78, 5) is 4.44. The Bertz CT molecular complexity index is 609. The van der Waals surface area contributed by atoms with E-state index in [2.05, 4.69) is 27.8 Å². The van der Waals surface area contributed by atoms with Crippen molar-refractivity contribution in [1.82, 2.24) is 0 Å². The van der Waals surface area contributed by atoms with Crippen molar-refractivity contribution >= 4 is 27.8 Å². The second-order valence-corrected chi connectivity index (χ2v) is 5.35. The summed E-state index contributed by atoms with van der Waals surface area (Å²) in [6.07, 6.45) is 2.82. The molecule has 0 aromatic heterocycles. The van der Waals surface area contributed by atoms with Gasteiger partial charge in [-0.15, -0.1) is 0 Å². The maximum absolute atomic E-state index is 5.62. The first-order chi connectivity index (χ1) is 10.2.